The van der Waals surface area contributed by atoms with Gasteiger partial charge < -0.3 is 67.4 Å². The summed E-state index contributed by atoms with van der Waals surface area (Å²) in [6.45, 7) is 35.8. The van der Waals surface area contributed by atoms with Crippen LogP contribution in [-0.2, 0) is 36.3 Å². The number of benzene rings is 5. The quantitative estimate of drug-likeness (QED) is 0.0199. The van der Waals surface area contributed by atoms with Crippen molar-refractivity contribution in [3.05, 3.63) is 159 Å². The molecule has 10 amide bonds. The minimum atomic E-state index is -4.80. The molecule has 5 aromatic carbocycles. The lowest BCUT2D eigenvalue weighted by Gasteiger charge is -2.33. The van der Waals surface area contributed by atoms with Gasteiger partial charge in [-0.25, -0.2) is 8.78 Å². The number of likely N-dealkylation sites (tertiary alicyclic amines) is 5. The topological polar surface area (TPSA) is 335 Å². The predicted octanol–water partition coefficient (Wildman–Crippen LogP) is 14.6. The van der Waals surface area contributed by atoms with Gasteiger partial charge in [0.2, 0.25) is 29.5 Å². The van der Waals surface area contributed by atoms with Crippen LogP contribution in [-0.4, -0.2) is 269 Å². The van der Waals surface area contributed by atoms with Gasteiger partial charge in [-0.3, -0.25) is 72.4 Å². The Morgan fingerprint density at radius 2 is 0.573 bits per heavy atom. The largest absolute Gasteiger partial charge is 0.573 e. The fourth-order valence-electron chi connectivity index (χ4n) is 15.9. The average molecular weight is 2060 g/mol. The predicted molar refractivity (Wildman–Crippen MR) is 514 cm³/mol. The number of piperidine rings is 5. The molecular formula is C100H140ClF14N15O13. The second kappa shape index (κ2) is 54.5. The molecule has 143 heavy (non-hydrogen) atoms. The van der Waals surface area contributed by atoms with Crippen molar-refractivity contribution in [1.29, 1.82) is 0 Å². The maximum atomic E-state index is 13.4. The van der Waals surface area contributed by atoms with Crippen molar-refractivity contribution in [2.45, 2.75) is 214 Å². The van der Waals surface area contributed by atoms with Gasteiger partial charge in [0.05, 0.1) is 58.1 Å². The Balaban J connectivity index is 0.000000274. The van der Waals surface area contributed by atoms with Crippen molar-refractivity contribution >= 4 is 70.7 Å². The first-order chi connectivity index (χ1) is 66.2. The summed E-state index contributed by atoms with van der Waals surface area (Å²) >= 11 is 5.78. The Kier molecular flexibility index (Phi) is 46.1. The summed E-state index contributed by atoms with van der Waals surface area (Å²) in [7, 11) is 3.02. The smallest absolute Gasteiger partial charge is 0.497 e. The highest BCUT2D eigenvalue weighted by molar-refractivity contribution is 6.31. The van der Waals surface area contributed by atoms with E-state index in [-0.39, 0.29) is 115 Å². The lowest BCUT2D eigenvalue weighted by atomic mass is 9.96. The molecular weight excluding hydrogens is 1920 g/mol. The van der Waals surface area contributed by atoms with Crippen LogP contribution in [0.15, 0.2) is 103 Å². The number of halogens is 15. The van der Waals surface area contributed by atoms with E-state index in [1.165, 1.54) is 56.7 Å². The lowest BCUT2D eigenvalue weighted by Crippen LogP contribution is -2.56. The lowest BCUT2D eigenvalue weighted by molar-refractivity contribution is -0.274. The normalized spacial score (nSPS) is 16.4. The molecule has 0 bridgehead atoms. The van der Waals surface area contributed by atoms with Crippen molar-refractivity contribution in [1.82, 2.24) is 77.7 Å². The second-order valence-electron chi connectivity index (χ2n) is 41.2. The number of rotatable bonds is 29. The summed E-state index contributed by atoms with van der Waals surface area (Å²) < 4.78 is 193. The molecule has 0 radical (unpaired) electrons. The summed E-state index contributed by atoms with van der Waals surface area (Å²) in [6.07, 6.45) is -10.4. The van der Waals surface area contributed by atoms with E-state index in [1.54, 1.807) is 18.2 Å². The first-order valence-electron chi connectivity index (χ1n) is 47.5. The first-order valence-corrected chi connectivity index (χ1v) is 47.9. The van der Waals surface area contributed by atoms with E-state index >= 15 is 0 Å². The summed E-state index contributed by atoms with van der Waals surface area (Å²) in [5.74, 6) is -2.71. The van der Waals surface area contributed by atoms with Crippen LogP contribution in [0.3, 0.4) is 0 Å². The fraction of sp³-hybridized carbons (Fsp3) is 0.600. The third-order valence-electron chi connectivity index (χ3n) is 23.4. The SMILES string of the molecule is CC(C)(C)NC(=O)CN1CCC(CNC(=O)c2cc(F)cc(C(F)(F)F)c2)CC1.CC(C)(C)NC(=O)CN1CCC(CNC(=O)c2cc(F)cc(Cl)c2)CC1.CC(C)(C)NC(=O)CN1CCC(CNC(=O)c2cccc(C(F)(F)F)c2)CC1.CC(C)(C)NC(=O)CN1CCC(CNC(=O)c2cccc(OC(F)(F)F)c2)CC1.COc1cc(OC)cc(C(=O)NCC2CCN(CC(=O)NC(C)(C)C(F)(F)F)CC2)c1. The van der Waals surface area contributed by atoms with Crippen molar-refractivity contribution in [3.63, 3.8) is 0 Å². The molecule has 5 heterocycles. The molecule has 5 saturated heterocycles. The third-order valence-corrected chi connectivity index (χ3v) is 23.6. The van der Waals surface area contributed by atoms with E-state index in [1.807, 2.05) is 98.2 Å². The summed E-state index contributed by atoms with van der Waals surface area (Å²) in [5.41, 5.74) is -4.90. The molecule has 10 N–H and O–H groups in total. The van der Waals surface area contributed by atoms with Gasteiger partial charge in [-0.2, -0.15) is 39.5 Å². The van der Waals surface area contributed by atoms with Crippen molar-refractivity contribution in [2.75, 3.05) is 145 Å². The molecule has 798 valence electrons. The molecule has 0 atom stereocenters. The Morgan fingerprint density at radius 3 is 0.853 bits per heavy atom. The summed E-state index contributed by atoms with van der Waals surface area (Å²) in [5, 5.41) is 27.8. The van der Waals surface area contributed by atoms with E-state index < -0.39 is 82.6 Å². The molecule has 10 rings (SSSR count). The number of nitrogens with zero attached hydrogens (tertiary/aromatic N) is 5. The maximum absolute atomic E-state index is 13.4. The van der Waals surface area contributed by atoms with Crippen LogP contribution in [0.1, 0.15) is 224 Å². The highest BCUT2D eigenvalue weighted by Gasteiger charge is 2.49. The van der Waals surface area contributed by atoms with Gasteiger partial charge >= 0.3 is 24.9 Å². The van der Waals surface area contributed by atoms with Crippen LogP contribution in [0.25, 0.3) is 0 Å². The number of ether oxygens (including phenoxy) is 3. The zero-order valence-electron chi connectivity index (χ0n) is 84.1. The van der Waals surface area contributed by atoms with Crippen LogP contribution >= 0.6 is 11.6 Å². The minimum absolute atomic E-state index is 0.00566. The zero-order chi connectivity index (χ0) is 107. The van der Waals surface area contributed by atoms with Crippen LogP contribution < -0.4 is 67.4 Å². The van der Waals surface area contributed by atoms with E-state index in [0.29, 0.717) is 120 Å². The third kappa shape index (κ3) is 47.4. The molecule has 0 spiro atoms. The van der Waals surface area contributed by atoms with Gasteiger partial charge in [0, 0.05) is 93.8 Å². The molecule has 5 aliphatic rings. The van der Waals surface area contributed by atoms with E-state index in [2.05, 4.69) is 67.3 Å². The number of hydrogen-bond donors (Lipinski definition) is 10. The van der Waals surface area contributed by atoms with Crippen LogP contribution in [0.4, 0.5) is 61.5 Å². The molecule has 0 aliphatic carbocycles. The highest BCUT2D eigenvalue weighted by Crippen LogP contribution is 2.35. The highest BCUT2D eigenvalue weighted by atomic mass is 35.5. The summed E-state index contributed by atoms with van der Waals surface area (Å²) in [4.78, 5) is 131. The fourth-order valence-corrected chi connectivity index (χ4v) is 16.1. The van der Waals surface area contributed by atoms with Crippen molar-refractivity contribution < 1.29 is 124 Å². The number of amides is 10. The van der Waals surface area contributed by atoms with E-state index in [4.69, 9.17) is 21.1 Å². The number of nitrogens with one attached hydrogen (secondary N) is 10. The Morgan fingerprint density at radius 1 is 0.315 bits per heavy atom. The number of carbonyl (C=O) groups is 10. The maximum Gasteiger partial charge on any atom is 0.573 e. The average Bonchev–Trinajstić information content (AvgIpc) is 0.921. The molecule has 5 fully saturated rings. The van der Waals surface area contributed by atoms with Gasteiger partial charge in [-0.15, -0.1) is 13.2 Å². The molecule has 0 saturated carbocycles. The molecule has 43 heteroatoms. The van der Waals surface area contributed by atoms with Crippen molar-refractivity contribution in [2.24, 2.45) is 29.6 Å². The summed E-state index contributed by atoms with van der Waals surface area (Å²) in [6, 6.07) is 20.0. The number of carbonyl (C=O) groups excluding carboxylic acids is 10. The standard InChI is InChI=1S/C21H30F3N3O4.C20H27F4N3O2.C20H28F3N3O3.C20H28F3N3O2.C19H27ClFN3O2/c1-20(2,21(22,23)24)26-18(28)13-27-7-5-14(6-8-27)12-25-19(29)15-9-16(30-3)11-17(10-15)31-4;1-19(2,3)26-17(28)12-27-6-4-13(5-7-27)11-25-18(29)14-8-15(20(22,23)24)10-16(21)9-14;1-19(2,3)25-17(27)13-26-9-7-14(8-10-26)12-24-18(28)15-5-4-6-16(11-15)29-20(21,22)23;1-19(2,3)25-17(27)13-26-9-7-14(8-10-26)12-24-18(28)15-5-4-6-16(11-15)20(21,22)23;1-19(2,3)23-17(25)12-24-6-4-13(5-7-24)11-22-18(26)14-8-15(20)10-16(21)9-14/h9-11,14H,5-8,12-13H2,1-4H3,(H,25,29)(H,26,28);8-10,13H,4-7,11-12H2,1-3H3,(H,25,29)(H,26,28);4-6,11,14H,7-10,12-13H2,1-3H3,(H,24,28)(H,25,27);4-6,11,14H,7-10,12-13H2,1-3H3,(H,24,28)(H,25,27);8-10,13H,4-7,11-12H2,1-3H3,(H,22,26)(H,23,25). The molecule has 0 aromatic heterocycles. The van der Waals surface area contributed by atoms with Gasteiger partial charge in [0.25, 0.3) is 29.5 Å². The Hall–Kier alpha value is -10.7. The van der Waals surface area contributed by atoms with Gasteiger partial charge in [-0.05, 0) is 341 Å². The molecule has 28 nitrogen and oxygen atoms in total. The second-order valence-corrected chi connectivity index (χ2v) is 41.6. The van der Waals surface area contributed by atoms with E-state index in [9.17, 15) is 109 Å². The molecule has 0 unspecified atom stereocenters. The van der Waals surface area contributed by atoms with E-state index in [0.717, 1.165) is 148 Å². The molecule has 5 aliphatic heterocycles. The van der Waals surface area contributed by atoms with Crippen molar-refractivity contribution in [3.8, 4) is 17.2 Å². The van der Waals surface area contributed by atoms with Gasteiger partial charge in [0.15, 0.2) is 0 Å². The van der Waals surface area contributed by atoms with Gasteiger partial charge in [-0.1, -0.05) is 23.7 Å². The monoisotopic (exact) mass is 2060 g/mol. The zero-order valence-corrected chi connectivity index (χ0v) is 84.9. The molecule has 5 aromatic rings. The van der Waals surface area contributed by atoms with Crippen LogP contribution in [0.2, 0.25) is 5.02 Å². The Bertz CT molecular complexity index is 4940. The van der Waals surface area contributed by atoms with Gasteiger partial charge in [0.1, 0.15) is 34.4 Å². The Labute approximate surface area is 832 Å². The minimum Gasteiger partial charge on any atom is -0.497 e. The first kappa shape index (κ1) is 121. The number of alkyl halides is 12. The van der Waals surface area contributed by atoms with Crippen LogP contribution in [0.5, 0.6) is 17.2 Å². The van der Waals surface area contributed by atoms with Crippen LogP contribution in [0, 0.1) is 41.2 Å². The number of methoxy groups -OCH3 is 2. The number of hydrogen-bond acceptors (Lipinski definition) is 18.